The Bertz CT molecular complexity index is 1040. The Hall–Kier alpha value is -3.03. The molecule has 2 N–H and O–H groups in total. The monoisotopic (exact) mass is 396 g/mol. The second-order valence-corrected chi connectivity index (χ2v) is 8.71. The number of piperidine rings is 1. The number of hydrogen-bond donors (Lipinski definition) is 1. The Morgan fingerprint density at radius 1 is 1.21 bits per heavy atom. The number of nitrogens with two attached hydrogens (primary N) is 1. The molecule has 0 bridgehead atoms. The first-order valence-electron chi connectivity index (χ1n) is 9.95. The number of aryl methyl sites for hydroxylation is 1. The van der Waals surface area contributed by atoms with E-state index < -0.39 is 5.60 Å². The molecule has 1 fully saturated rings. The summed E-state index contributed by atoms with van der Waals surface area (Å²) in [5, 5.41) is 10.0. The molecule has 4 rings (SSSR count). The number of hydrogen-bond acceptors (Lipinski definition) is 5. The van der Waals surface area contributed by atoms with Gasteiger partial charge in [-0.3, -0.25) is 9.36 Å². The van der Waals surface area contributed by atoms with Crippen LogP contribution < -0.4 is 5.73 Å². The van der Waals surface area contributed by atoms with Gasteiger partial charge >= 0.3 is 6.09 Å². The lowest BCUT2D eigenvalue weighted by Crippen LogP contribution is -2.42. The molecule has 154 valence electrons. The first-order chi connectivity index (χ1) is 13.7. The molecule has 1 amide bonds. The van der Waals surface area contributed by atoms with Crippen LogP contribution in [0.15, 0.2) is 30.7 Å². The predicted molar refractivity (Wildman–Crippen MR) is 112 cm³/mol. The van der Waals surface area contributed by atoms with Gasteiger partial charge < -0.3 is 15.4 Å². The molecule has 3 heterocycles. The van der Waals surface area contributed by atoms with Gasteiger partial charge in [0.05, 0.1) is 17.8 Å². The van der Waals surface area contributed by atoms with Crippen molar-refractivity contribution >= 4 is 22.7 Å². The van der Waals surface area contributed by atoms with Gasteiger partial charge in [-0.05, 0) is 45.7 Å². The Morgan fingerprint density at radius 3 is 2.55 bits per heavy atom. The minimum atomic E-state index is -0.473. The molecular weight excluding hydrogens is 368 g/mol. The van der Waals surface area contributed by atoms with E-state index in [-0.39, 0.29) is 12.1 Å². The molecule has 0 spiro atoms. The zero-order valence-electron chi connectivity index (χ0n) is 17.4. The number of anilines is 1. The maximum atomic E-state index is 12.3. The van der Waals surface area contributed by atoms with Gasteiger partial charge in [0.25, 0.3) is 0 Å². The summed E-state index contributed by atoms with van der Waals surface area (Å²) >= 11 is 0. The highest BCUT2D eigenvalue weighted by Crippen LogP contribution is 2.31. The number of benzene rings is 1. The fraction of sp³-hybridized carbons (Fsp3) is 0.476. The van der Waals surface area contributed by atoms with E-state index >= 15 is 0 Å². The lowest BCUT2D eigenvalue weighted by atomic mass is 10.1. The normalized spacial score (nSPS) is 15.8. The van der Waals surface area contributed by atoms with Crippen LogP contribution in [0.25, 0.3) is 22.0 Å². The zero-order valence-corrected chi connectivity index (χ0v) is 17.4. The maximum Gasteiger partial charge on any atom is 0.410 e. The number of amides is 1. The molecule has 0 atom stereocenters. The summed E-state index contributed by atoms with van der Waals surface area (Å²) in [6, 6.07) is 4.24. The number of carbonyl (C=O) groups excluding carboxylic acids is 1. The summed E-state index contributed by atoms with van der Waals surface area (Å²) in [6.45, 7) is 6.99. The van der Waals surface area contributed by atoms with E-state index in [2.05, 4.69) is 5.10 Å². The van der Waals surface area contributed by atoms with E-state index in [1.54, 1.807) is 15.8 Å². The van der Waals surface area contributed by atoms with Gasteiger partial charge in [-0.2, -0.15) is 10.2 Å². The van der Waals surface area contributed by atoms with Gasteiger partial charge in [-0.15, -0.1) is 0 Å². The SMILES string of the molecule is Cn1cc(-c2cc3nn(C4CCN(C(=O)OC(C)(C)C)CC4)cc3cc2N)cn1. The molecule has 1 saturated heterocycles. The summed E-state index contributed by atoms with van der Waals surface area (Å²) in [4.78, 5) is 14.1. The fourth-order valence-corrected chi connectivity index (χ4v) is 3.75. The molecule has 8 heteroatoms. The summed E-state index contributed by atoms with van der Waals surface area (Å²) in [5.41, 5.74) is 9.35. The van der Waals surface area contributed by atoms with Gasteiger partial charge in [-0.1, -0.05) is 0 Å². The van der Waals surface area contributed by atoms with Crippen LogP contribution >= 0.6 is 0 Å². The van der Waals surface area contributed by atoms with E-state index in [9.17, 15) is 4.79 Å². The van der Waals surface area contributed by atoms with Crippen molar-refractivity contribution < 1.29 is 9.53 Å². The highest BCUT2D eigenvalue weighted by Gasteiger charge is 2.28. The molecule has 1 aliphatic heterocycles. The molecule has 0 saturated carbocycles. The van der Waals surface area contributed by atoms with Crippen molar-refractivity contribution in [3.8, 4) is 11.1 Å². The van der Waals surface area contributed by atoms with Crippen molar-refractivity contribution in [1.29, 1.82) is 0 Å². The third-order valence-electron chi connectivity index (χ3n) is 5.20. The van der Waals surface area contributed by atoms with Crippen LogP contribution in [-0.4, -0.2) is 49.2 Å². The second-order valence-electron chi connectivity index (χ2n) is 8.71. The number of fused-ring (bicyclic) bond motifs is 1. The van der Waals surface area contributed by atoms with Crippen LogP contribution in [0.2, 0.25) is 0 Å². The van der Waals surface area contributed by atoms with Crippen LogP contribution in [0.1, 0.15) is 39.7 Å². The number of carbonyl (C=O) groups is 1. The van der Waals surface area contributed by atoms with E-state index in [1.807, 2.05) is 57.0 Å². The van der Waals surface area contributed by atoms with Crippen molar-refractivity contribution in [2.75, 3.05) is 18.8 Å². The third kappa shape index (κ3) is 4.06. The fourth-order valence-electron chi connectivity index (χ4n) is 3.75. The summed E-state index contributed by atoms with van der Waals surface area (Å²) in [5.74, 6) is 0. The Morgan fingerprint density at radius 2 is 1.93 bits per heavy atom. The Labute approximate surface area is 170 Å². The van der Waals surface area contributed by atoms with Crippen molar-refractivity contribution in [2.45, 2.75) is 45.3 Å². The average molecular weight is 396 g/mol. The maximum absolute atomic E-state index is 12.3. The molecule has 0 unspecified atom stereocenters. The van der Waals surface area contributed by atoms with E-state index in [0.29, 0.717) is 18.8 Å². The predicted octanol–water partition coefficient (Wildman–Crippen LogP) is 3.59. The molecule has 1 aliphatic rings. The quantitative estimate of drug-likeness (QED) is 0.669. The Balaban J connectivity index is 1.50. The molecule has 0 aliphatic carbocycles. The van der Waals surface area contributed by atoms with Gasteiger partial charge in [0, 0.05) is 54.7 Å². The topological polar surface area (TPSA) is 91.2 Å². The number of nitrogen functional groups attached to an aromatic ring is 1. The van der Waals surface area contributed by atoms with E-state index in [4.69, 9.17) is 15.6 Å². The zero-order chi connectivity index (χ0) is 20.8. The summed E-state index contributed by atoms with van der Waals surface area (Å²) in [7, 11) is 1.89. The standard InChI is InChI=1S/C21H28N6O2/c1-21(2,3)29-20(28)26-7-5-16(6-8-26)27-13-14-9-18(22)17(10-19(14)24-27)15-11-23-25(4)12-15/h9-13,16H,5-8,22H2,1-4H3. The molecule has 0 radical (unpaired) electrons. The first kappa shape index (κ1) is 19.3. The van der Waals surface area contributed by atoms with Crippen LogP contribution in [0.4, 0.5) is 10.5 Å². The van der Waals surface area contributed by atoms with Crippen molar-refractivity contribution in [3.05, 3.63) is 30.7 Å². The van der Waals surface area contributed by atoms with Gasteiger partial charge in [-0.25, -0.2) is 4.79 Å². The number of aromatic nitrogens is 4. The Kier molecular flexibility index (Phi) is 4.72. The minimum absolute atomic E-state index is 0.240. The summed E-state index contributed by atoms with van der Waals surface area (Å²) < 4.78 is 9.26. The minimum Gasteiger partial charge on any atom is -0.444 e. The molecule has 2 aromatic heterocycles. The lowest BCUT2D eigenvalue weighted by molar-refractivity contribution is 0.0185. The third-order valence-corrected chi connectivity index (χ3v) is 5.20. The van der Waals surface area contributed by atoms with Crippen LogP contribution in [0.3, 0.4) is 0 Å². The van der Waals surface area contributed by atoms with Crippen molar-refractivity contribution in [3.63, 3.8) is 0 Å². The van der Waals surface area contributed by atoms with Crippen LogP contribution in [-0.2, 0) is 11.8 Å². The summed E-state index contributed by atoms with van der Waals surface area (Å²) in [6.07, 6.45) is 7.25. The number of likely N-dealkylation sites (tertiary alicyclic amines) is 1. The highest BCUT2D eigenvalue weighted by molar-refractivity contribution is 5.91. The lowest BCUT2D eigenvalue weighted by Gasteiger charge is -2.33. The highest BCUT2D eigenvalue weighted by atomic mass is 16.6. The van der Waals surface area contributed by atoms with Gasteiger partial charge in [0.2, 0.25) is 0 Å². The largest absolute Gasteiger partial charge is 0.444 e. The molecular formula is C21H28N6O2. The first-order valence-corrected chi connectivity index (χ1v) is 9.95. The van der Waals surface area contributed by atoms with Gasteiger partial charge in [0.1, 0.15) is 5.60 Å². The molecule has 1 aromatic carbocycles. The van der Waals surface area contributed by atoms with Crippen LogP contribution in [0.5, 0.6) is 0 Å². The van der Waals surface area contributed by atoms with Crippen molar-refractivity contribution in [2.24, 2.45) is 7.05 Å². The van der Waals surface area contributed by atoms with E-state index in [1.165, 1.54) is 0 Å². The average Bonchev–Trinajstić information content (AvgIpc) is 3.25. The van der Waals surface area contributed by atoms with Crippen molar-refractivity contribution in [1.82, 2.24) is 24.5 Å². The van der Waals surface area contributed by atoms with Gasteiger partial charge in [0.15, 0.2) is 0 Å². The van der Waals surface area contributed by atoms with E-state index in [0.717, 1.165) is 34.9 Å². The smallest absolute Gasteiger partial charge is 0.410 e. The number of rotatable bonds is 2. The number of ether oxygens (including phenoxy) is 1. The molecule has 29 heavy (non-hydrogen) atoms. The molecule has 8 nitrogen and oxygen atoms in total. The second kappa shape index (κ2) is 7.09. The van der Waals surface area contributed by atoms with Crippen LogP contribution in [0, 0.1) is 0 Å². The number of nitrogens with zero attached hydrogens (tertiary/aromatic N) is 5. The molecule has 3 aromatic rings.